The molecule has 0 saturated carbocycles. The summed E-state index contributed by atoms with van der Waals surface area (Å²) < 4.78 is 28.6. The SMILES string of the molecule is COC(=O)[C@@H]1C(O)C[C@@]2(O)CC(O)C[C@@H](O)[C@H](O)CC[C@@H](O)C[C@@H](O)CC(=O)O[C@@H](C)[C@H](C)[C@H](O)[C@@H](C)/C=C/C#Cc3ccc(cc3)-c3ccc(cc3)C#C/C=C/[C@H](O[C@@H]3O[C@H](C)[C@@H](O)[C@H](N)[C@@H]3O)C[C@@H]1O2. The molecule has 12 N–H and O–H groups in total. The summed E-state index contributed by atoms with van der Waals surface area (Å²) >= 11 is 0. The molecule has 7 rings (SSSR count). The normalized spacial score (nSPS) is 39.1. The number of hydrogen-bond acceptors (Lipinski definition) is 18. The Morgan fingerprint density at radius 2 is 1.29 bits per heavy atom. The molecule has 5 aliphatic rings. The molecule has 0 amide bonds. The van der Waals surface area contributed by atoms with Crippen molar-refractivity contribution in [3.05, 3.63) is 84.0 Å². The van der Waals surface area contributed by atoms with Crippen LogP contribution in [0.5, 0.6) is 0 Å². The van der Waals surface area contributed by atoms with Gasteiger partial charge in [-0.15, -0.1) is 0 Å². The molecule has 2 aromatic rings. The van der Waals surface area contributed by atoms with Crippen molar-refractivity contribution in [3.63, 3.8) is 0 Å². The van der Waals surface area contributed by atoms with Gasteiger partial charge in [0.05, 0.1) is 86.7 Å². The largest absolute Gasteiger partial charge is 0.469 e. The van der Waals surface area contributed by atoms with Gasteiger partial charge in [-0.25, -0.2) is 0 Å². The number of carbonyl (C=O) groups excluding carboxylic acids is 2. The van der Waals surface area contributed by atoms with Gasteiger partial charge >= 0.3 is 11.9 Å². The number of hydrogen-bond donors (Lipinski definition) is 11. The lowest BCUT2D eigenvalue weighted by atomic mass is 9.82. The summed E-state index contributed by atoms with van der Waals surface area (Å²) in [6.07, 6.45) is -14.3. The molecule has 2 aromatic carbocycles. The third kappa shape index (κ3) is 16.7. The molecular formula is C54H73NO17. The van der Waals surface area contributed by atoms with Crippen LogP contribution in [0.25, 0.3) is 11.1 Å². The molecule has 5 heterocycles. The van der Waals surface area contributed by atoms with Crippen LogP contribution in [0.1, 0.15) is 90.2 Å². The second-order valence-electron chi connectivity index (χ2n) is 19.5. The van der Waals surface area contributed by atoms with Gasteiger partial charge in [0.25, 0.3) is 0 Å². The Bertz CT molecular complexity index is 2230. The van der Waals surface area contributed by atoms with Crippen molar-refractivity contribution in [1.29, 1.82) is 0 Å². The molecule has 2 saturated heterocycles. The van der Waals surface area contributed by atoms with Crippen molar-refractivity contribution in [1.82, 2.24) is 0 Å². The van der Waals surface area contributed by atoms with Gasteiger partial charge in [0.1, 0.15) is 18.1 Å². The van der Waals surface area contributed by atoms with Crippen LogP contribution in [0.3, 0.4) is 0 Å². The van der Waals surface area contributed by atoms with Crippen molar-refractivity contribution >= 4 is 11.9 Å². The first-order chi connectivity index (χ1) is 34.1. The van der Waals surface area contributed by atoms with Crippen LogP contribution in [-0.4, -0.2) is 168 Å². The zero-order chi connectivity index (χ0) is 52.9. The van der Waals surface area contributed by atoms with E-state index in [2.05, 4.69) is 23.7 Å². The van der Waals surface area contributed by atoms with Gasteiger partial charge in [0.2, 0.25) is 0 Å². The molecule has 19 atom stereocenters. The van der Waals surface area contributed by atoms with Gasteiger partial charge in [-0.2, -0.15) is 0 Å². The number of esters is 2. The maximum atomic E-state index is 13.2. The number of methoxy groups -OCH3 is 1. The number of fused-ring (bicyclic) bond motifs is 2. The van der Waals surface area contributed by atoms with Crippen LogP contribution >= 0.6 is 0 Å². The Morgan fingerprint density at radius 3 is 1.89 bits per heavy atom. The third-order valence-corrected chi connectivity index (χ3v) is 13.7. The fourth-order valence-electron chi connectivity index (χ4n) is 9.12. The van der Waals surface area contributed by atoms with E-state index in [-0.39, 0.29) is 31.6 Å². The van der Waals surface area contributed by atoms with Gasteiger partial charge in [0.15, 0.2) is 12.1 Å². The smallest absolute Gasteiger partial charge is 0.313 e. The maximum Gasteiger partial charge on any atom is 0.313 e. The van der Waals surface area contributed by atoms with Crippen LogP contribution < -0.4 is 5.73 Å². The van der Waals surface area contributed by atoms with Crippen molar-refractivity contribution < 1.29 is 84.3 Å². The topological polar surface area (TPSA) is 309 Å². The molecule has 0 radical (unpaired) electrons. The molecule has 396 valence electrons. The molecular weight excluding hydrogens is 935 g/mol. The van der Waals surface area contributed by atoms with E-state index in [9.17, 15) is 60.7 Å². The van der Waals surface area contributed by atoms with E-state index < -0.39 is 147 Å². The zero-order valence-corrected chi connectivity index (χ0v) is 41.4. The minimum atomic E-state index is -2.30. The summed E-state index contributed by atoms with van der Waals surface area (Å²) in [5, 5.41) is 109. The second-order valence-corrected chi connectivity index (χ2v) is 19.5. The number of nitrogens with two attached hydrogens (primary N) is 1. The summed E-state index contributed by atoms with van der Waals surface area (Å²) in [6, 6.07) is 14.0. The molecule has 6 bridgehead atoms. The Hall–Kier alpha value is -4.58. The number of allylic oxidation sites excluding steroid dienone is 2. The van der Waals surface area contributed by atoms with E-state index in [0.717, 1.165) is 23.8 Å². The highest BCUT2D eigenvalue weighted by Crippen LogP contribution is 2.38. The molecule has 18 heteroatoms. The lowest BCUT2D eigenvalue weighted by Gasteiger charge is -2.45. The minimum absolute atomic E-state index is 0.108. The van der Waals surface area contributed by atoms with Crippen LogP contribution in [-0.2, 0) is 33.3 Å². The Labute approximate surface area is 421 Å². The number of aliphatic hydroxyl groups excluding tert-OH is 9. The summed E-state index contributed by atoms with van der Waals surface area (Å²) in [4.78, 5) is 25.9. The van der Waals surface area contributed by atoms with Gasteiger partial charge < -0.3 is 80.5 Å². The number of rotatable bonds is 3. The first-order valence-electron chi connectivity index (χ1n) is 24.5. The van der Waals surface area contributed by atoms with E-state index in [1.807, 2.05) is 55.5 Å². The van der Waals surface area contributed by atoms with Crippen LogP contribution in [0.4, 0.5) is 0 Å². The van der Waals surface area contributed by atoms with Crippen molar-refractivity contribution in [3.8, 4) is 34.8 Å². The Kier molecular flexibility index (Phi) is 21.9. The molecule has 2 unspecified atom stereocenters. The predicted octanol–water partition coefficient (Wildman–Crippen LogP) is 1.09. The third-order valence-electron chi connectivity index (χ3n) is 13.7. The maximum absolute atomic E-state index is 13.2. The van der Waals surface area contributed by atoms with E-state index >= 15 is 0 Å². The van der Waals surface area contributed by atoms with E-state index in [0.29, 0.717) is 5.56 Å². The highest BCUT2D eigenvalue weighted by atomic mass is 16.7. The number of aliphatic hydroxyl groups is 10. The molecule has 72 heavy (non-hydrogen) atoms. The molecule has 5 aliphatic heterocycles. The van der Waals surface area contributed by atoms with E-state index in [4.69, 9.17) is 29.4 Å². The Morgan fingerprint density at radius 1 is 0.694 bits per heavy atom. The summed E-state index contributed by atoms with van der Waals surface area (Å²) in [7, 11) is 1.11. The van der Waals surface area contributed by atoms with Crippen molar-refractivity contribution in [2.24, 2.45) is 23.5 Å². The van der Waals surface area contributed by atoms with Gasteiger partial charge in [-0.1, -0.05) is 67.9 Å². The average Bonchev–Trinajstić information content (AvgIpc) is 3.33. The van der Waals surface area contributed by atoms with Gasteiger partial charge in [-0.3, -0.25) is 9.59 Å². The lowest BCUT2D eigenvalue weighted by Crippen LogP contribution is -2.61. The first-order valence-corrected chi connectivity index (χ1v) is 24.5. The summed E-state index contributed by atoms with van der Waals surface area (Å²) in [5.74, 6) is 5.94. The lowest BCUT2D eigenvalue weighted by molar-refractivity contribution is -0.308. The summed E-state index contributed by atoms with van der Waals surface area (Å²) in [6.45, 7) is 6.74. The fourth-order valence-corrected chi connectivity index (χ4v) is 9.12. The predicted molar refractivity (Wildman–Crippen MR) is 261 cm³/mol. The standard InChI is InChI=1S/C54H73NO17/c1-30-10-6-7-11-34-14-18-36(19-15-34)37-20-16-35(17-21-37)12-8-9-13-41(71-53-51(65)48(55)50(64)33(4)70-53)27-45-47(52(66)68-5)44(61)29-54(67,72-45)28-40(58)25-43(60)42(59)23-22-38(56)24-39(57)26-46(62)69-32(3)31(2)49(30)63/h6,9-10,13-21,30-33,38-45,47-51,53,56-61,63-65,67H,22-29,55H2,1-5H3/b10-6+,13-9+/t30-,31-,32-,33+,38+,39+,40?,41-,42+,43+,44?,45-,47+,48-,49+,50+,51-,53-,54+/m0/s1. The van der Waals surface area contributed by atoms with Gasteiger partial charge in [0, 0.05) is 48.6 Å². The number of benzene rings is 2. The van der Waals surface area contributed by atoms with Crippen LogP contribution in [0, 0.1) is 41.4 Å². The highest BCUT2D eigenvalue weighted by molar-refractivity contribution is 5.74. The highest BCUT2D eigenvalue weighted by Gasteiger charge is 2.51. The quantitative estimate of drug-likeness (QED) is 0.152. The molecule has 0 spiro atoms. The number of carbonyl (C=O) groups is 2. The van der Waals surface area contributed by atoms with Crippen LogP contribution in [0.2, 0.25) is 0 Å². The first kappa shape index (κ1) is 58.3. The Balaban J connectivity index is 1.41. The molecule has 18 nitrogen and oxygen atoms in total. The summed E-state index contributed by atoms with van der Waals surface area (Å²) in [5.41, 5.74) is 9.38. The van der Waals surface area contributed by atoms with Crippen molar-refractivity contribution in [2.45, 2.75) is 177 Å². The van der Waals surface area contributed by atoms with Crippen LogP contribution in [0.15, 0.2) is 72.8 Å². The molecule has 0 aromatic heterocycles. The molecule has 0 aliphatic carbocycles. The fraction of sp³-hybridized carbons (Fsp3) is 0.593. The average molecular weight is 1010 g/mol. The van der Waals surface area contributed by atoms with Gasteiger partial charge in [-0.05, 0) is 86.7 Å². The van der Waals surface area contributed by atoms with Crippen molar-refractivity contribution in [2.75, 3.05) is 7.11 Å². The second kappa shape index (κ2) is 27.1. The minimum Gasteiger partial charge on any atom is -0.469 e. The monoisotopic (exact) mass is 1010 g/mol. The van der Waals surface area contributed by atoms with E-state index in [1.54, 1.807) is 32.9 Å². The zero-order valence-electron chi connectivity index (χ0n) is 41.4. The van der Waals surface area contributed by atoms with E-state index in [1.165, 1.54) is 12.2 Å². The molecule has 2 fully saturated rings. The number of ether oxygens (including phenoxy) is 5.